The first-order valence-electron chi connectivity index (χ1n) is 8.60. The summed E-state index contributed by atoms with van der Waals surface area (Å²) in [5.41, 5.74) is 0.529. The van der Waals surface area contributed by atoms with Gasteiger partial charge in [0.2, 0.25) is 0 Å². The minimum absolute atomic E-state index is 0. The maximum Gasteiger partial charge on any atom is 0.359 e. The second-order valence-electron chi connectivity index (χ2n) is 7.24. The number of quaternary nitrogens is 1. The van der Waals surface area contributed by atoms with E-state index in [9.17, 15) is 30.0 Å². The third-order valence-electron chi connectivity index (χ3n) is 5.40. The molecule has 0 bridgehead atoms. The Bertz CT molecular complexity index is 819. The Morgan fingerprint density at radius 3 is 1.57 bits per heavy atom. The smallest absolute Gasteiger partial charge is 0.359 e. The fourth-order valence-corrected chi connectivity index (χ4v) is 4.09. The van der Waals surface area contributed by atoms with Crippen LogP contribution in [0.3, 0.4) is 0 Å². The molecule has 0 amide bonds. The molecule has 0 aliphatic carbocycles. The maximum atomic E-state index is 11.5. The molecule has 28 heavy (non-hydrogen) atoms. The Labute approximate surface area is 162 Å². The van der Waals surface area contributed by atoms with Gasteiger partial charge in [0, 0.05) is 24.0 Å². The van der Waals surface area contributed by atoms with Crippen LogP contribution in [0.4, 0.5) is 0 Å². The molecule has 1 aliphatic heterocycles. The lowest BCUT2D eigenvalue weighted by atomic mass is 9.90. The van der Waals surface area contributed by atoms with Gasteiger partial charge in [-0.3, -0.25) is 4.48 Å². The SMILES string of the molecule is N.O=C(O)C[N+]1(CC(=O)O)CC1(Cc1ccccc1O)Cc1ccccc1O. The van der Waals surface area contributed by atoms with E-state index in [4.69, 9.17) is 0 Å². The Balaban J connectivity index is 0.00000280. The highest BCUT2D eigenvalue weighted by Gasteiger charge is 2.70. The minimum Gasteiger partial charge on any atom is -0.508 e. The number of aromatic hydroxyl groups is 2. The predicted molar refractivity (Wildman–Crippen MR) is 102 cm³/mol. The van der Waals surface area contributed by atoms with Crippen LogP contribution in [0, 0.1) is 0 Å². The van der Waals surface area contributed by atoms with Gasteiger partial charge in [-0.2, -0.15) is 0 Å². The number of rotatable bonds is 8. The first kappa shape index (κ1) is 21.2. The van der Waals surface area contributed by atoms with Gasteiger partial charge in [-0.25, -0.2) is 9.59 Å². The standard InChI is InChI=1S/C20H21NO6.H3N/c22-16-7-3-1-5-14(16)9-20(10-15-6-2-4-8-17(15)23)13-21(20,11-18(24)25)12-19(26)27;/h1-8H,9-13H2,(H3-,22,23,24,25,26,27);1H3/p+1. The molecule has 3 rings (SSSR count). The molecule has 1 heterocycles. The number of hydrogen-bond acceptors (Lipinski definition) is 5. The lowest BCUT2D eigenvalue weighted by Gasteiger charge is -2.25. The van der Waals surface area contributed by atoms with Gasteiger partial charge >= 0.3 is 11.9 Å². The summed E-state index contributed by atoms with van der Waals surface area (Å²) in [6.07, 6.45) is 0.628. The number of phenols is 2. The molecular formula is C20H25N2O6+. The van der Waals surface area contributed by atoms with Gasteiger partial charge in [-0.1, -0.05) is 36.4 Å². The van der Waals surface area contributed by atoms with Crippen LogP contribution >= 0.6 is 0 Å². The quantitative estimate of drug-likeness (QED) is 0.341. The molecule has 0 atom stereocenters. The first-order chi connectivity index (χ1) is 12.8. The van der Waals surface area contributed by atoms with Crippen LogP contribution in [0.15, 0.2) is 48.5 Å². The van der Waals surface area contributed by atoms with Gasteiger partial charge in [0.05, 0.1) is 0 Å². The molecule has 8 heteroatoms. The Hall–Kier alpha value is -3.10. The van der Waals surface area contributed by atoms with Gasteiger partial charge < -0.3 is 26.6 Å². The molecule has 1 fully saturated rings. The van der Waals surface area contributed by atoms with E-state index in [0.717, 1.165) is 0 Å². The second kappa shape index (κ2) is 7.87. The molecule has 1 saturated heterocycles. The van der Waals surface area contributed by atoms with Crippen molar-refractivity contribution in [2.45, 2.75) is 18.4 Å². The van der Waals surface area contributed by atoms with E-state index >= 15 is 0 Å². The highest BCUT2D eigenvalue weighted by molar-refractivity contribution is 5.71. The number of phenolic OH excluding ortho intramolecular Hbond substituents is 2. The van der Waals surface area contributed by atoms with Crippen LogP contribution in [0.5, 0.6) is 11.5 Å². The Kier molecular flexibility index (Phi) is 5.96. The van der Waals surface area contributed by atoms with E-state index in [1.54, 1.807) is 48.5 Å². The highest BCUT2D eigenvalue weighted by Crippen LogP contribution is 2.49. The van der Waals surface area contributed by atoms with Crippen molar-refractivity contribution in [2.75, 3.05) is 19.6 Å². The molecule has 0 aromatic heterocycles. The van der Waals surface area contributed by atoms with Crippen LogP contribution < -0.4 is 6.15 Å². The van der Waals surface area contributed by atoms with Crippen molar-refractivity contribution in [2.24, 2.45) is 0 Å². The molecule has 1 aliphatic rings. The maximum absolute atomic E-state index is 11.5. The molecule has 0 spiro atoms. The van der Waals surface area contributed by atoms with Crippen molar-refractivity contribution in [3.63, 3.8) is 0 Å². The van der Waals surface area contributed by atoms with Gasteiger partial charge in [-0.05, 0) is 12.1 Å². The number of carbonyl (C=O) groups is 2. The largest absolute Gasteiger partial charge is 0.508 e. The van der Waals surface area contributed by atoms with E-state index in [1.807, 2.05) is 0 Å². The van der Waals surface area contributed by atoms with Crippen LogP contribution in [0.25, 0.3) is 0 Å². The van der Waals surface area contributed by atoms with E-state index in [0.29, 0.717) is 30.5 Å². The number of para-hydroxylation sites is 2. The average molecular weight is 389 g/mol. The lowest BCUT2D eigenvalue weighted by molar-refractivity contribution is -0.814. The third-order valence-corrected chi connectivity index (χ3v) is 5.40. The third kappa shape index (κ3) is 4.08. The van der Waals surface area contributed by atoms with Crippen molar-refractivity contribution >= 4 is 11.9 Å². The van der Waals surface area contributed by atoms with Crippen molar-refractivity contribution in [1.29, 1.82) is 0 Å². The number of nitrogens with zero attached hydrogens (tertiary/aromatic N) is 1. The molecule has 2 aromatic rings. The summed E-state index contributed by atoms with van der Waals surface area (Å²) in [5.74, 6) is -1.98. The van der Waals surface area contributed by atoms with E-state index in [2.05, 4.69) is 0 Å². The van der Waals surface area contributed by atoms with E-state index in [1.165, 1.54) is 0 Å². The molecule has 7 N–H and O–H groups in total. The van der Waals surface area contributed by atoms with Crippen LogP contribution in [-0.4, -0.2) is 62.0 Å². The van der Waals surface area contributed by atoms with Crippen molar-refractivity contribution in [3.05, 3.63) is 59.7 Å². The molecule has 150 valence electrons. The summed E-state index contributed by atoms with van der Waals surface area (Å²) < 4.78 is -0.125. The fraction of sp³-hybridized carbons (Fsp3) is 0.300. The molecule has 0 unspecified atom stereocenters. The van der Waals surface area contributed by atoms with E-state index < -0.39 is 17.5 Å². The second-order valence-corrected chi connectivity index (χ2v) is 7.24. The normalized spacial score (nSPS) is 16.0. The van der Waals surface area contributed by atoms with Crippen LogP contribution in [0.1, 0.15) is 11.1 Å². The zero-order valence-corrected chi connectivity index (χ0v) is 15.4. The number of carboxylic acid groups (broad SMARTS) is 2. The summed E-state index contributed by atoms with van der Waals surface area (Å²) in [4.78, 5) is 22.9. The van der Waals surface area contributed by atoms with Gasteiger partial charge in [0.15, 0.2) is 18.6 Å². The Morgan fingerprint density at radius 1 is 0.821 bits per heavy atom. The van der Waals surface area contributed by atoms with Gasteiger partial charge in [-0.15, -0.1) is 0 Å². The predicted octanol–water partition coefficient (Wildman–Crippen LogP) is 1.78. The van der Waals surface area contributed by atoms with Crippen molar-refractivity contribution in [3.8, 4) is 11.5 Å². The van der Waals surface area contributed by atoms with Crippen LogP contribution in [0.2, 0.25) is 0 Å². The summed E-state index contributed by atoms with van der Waals surface area (Å²) in [6, 6.07) is 13.5. The number of hydrogen-bond donors (Lipinski definition) is 5. The Morgan fingerprint density at radius 2 is 1.21 bits per heavy atom. The van der Waals surface area contributed by atoms with Crippen molar-refractivity contribution in [1.82, 2.24) is 6.15 Å². The van der Waals surface area contributed by atoms with Gasteiger partial charge in [0.1, 0.15) is 18.0 Å². The minimum atomic E-state index is -1.08. The summed E-state index contributed by atoms with van der Waals surface area (Å²) in [6.45, 7) is -0.310. The molecule has 2 aromatic carbocycles. The molecule has 0 saturated carbocycles. The van der Waals surface area contributed by atoms with Crippen LogP contribution in [-0.2, 0) is 22.4 Å². The fourth-order valence-electron chi connectivity index (χ4n) is 4.09. The van der Waals surface area contributed by atoms with Crippen molar-refractivity contribution < 1.29 is 34.5 Å². The summed E-state index contributed by atoms with van der Waals surface area (Å²) >= 11 is 0. The highest BCUT2D eigenvalue weighted by atomic mass is 16.4. The zero-order chi connectivity index (χ0) is 19.7. The topological polar surface area (TPSA) is 150 Å². The molecule has 0 radical (unpaired) electrons. The summed E-state index contributed by atoms with van der Waals surface area (Å²) in [7, 11) is 0. The molecular weight excluding hydrogens is 364 g/mol. The molecule has 8 nitrogen and oxygen atoms in total. The number of benzene rings is 2. The first-order valence-corrected chi connectivity index (χ1v) is 8.60. The van der Waals surface area contributed by atoms with Gasteiger partial charge in [0.25, 0.3) is 0 Å². The lowest BCUT2D eigenvalue weighted by Crippen LogP contribution is -2.45. The monoisotopic (exact) mass is 389 g/mol. The van der Waals surface area contributed by atoms with E-state index in [-0.39, 0.29) is 35.2 Å². The number of carboxylic acids is 2. The summed E-state index contributed by atoms with van der Waals surface area (Å²) in [5, 5.41) is 39.1. The zero-order valence-electron chi connectivity index (χ0n) is 15.4. The average Bonchev–Trinajstić information content (AvgIpc) is 3.15. The number of aliphatic carboxylic acids is 2.